The van der Waals surface area contributed by atoms with Gasteiger partial charge in [0.05, 0.1) is 7.11 Å². The fourth-order valence-corrected chi connectivity index (χ4v) is 0. The third-order valence-electron chi connectivity index (χ3n) is 0.136. The standard InChI is InChI=1S/CH3O3S/c1-4-5(2)3/h1H3. The van der Waals surface area contributed by atoms with E-state index in [0.717, 1.165) is 7.11 Å². The first-order valence-electron chi connectivity index (χ1n) is 0.908. The van der Waals surface area contributed by atoms with E-state index in [4.69, 9.17) is 8.76 Å². The highest BCUT2D eigenvalue weighted by atomic mass is 32.2. The van der Waals surface area contributed by atoms with Crippen molar-refractivity contribution in [3.63, 3.8) is 0 Å². The molecule has 0 aromatic rings. The number of hydrogen-bond donors (Lipinski definition) is 0. The zero-order valence-electron chi connectivity index (χ0n) is 2.63. The lowest BCUT2D eigenvalue weighted by Gasteiger charge is -1.72. The second kappa shape index (κ2) is 2.32. The Balaban J connectivity index is 2.85. The van der Waals surface area contributed by atoms with Gasteiger partial charge in [-0.05, 0) is 0 Å². The lowest BCUT2D eigenvalue weighted by atomic mass is 11.8. The van der Waals surface area contributed by atoms with E-state index < -0.39 is 11.4 Å². The van der Waals surface area contributed by atoms with Crippen molar-refractivity contribution in [3.8, 4) is 0 Å². The smallest absolute Gasteiger partial charge is 0.270 e. The Bertz CT molecular complexity index is 42.2. The molecule has 5 heavy (non-hydrogen) atoms. The van der Waals surface area contributed by atoms with E-state index in [1.807, 2.05) is 0 Å². The Hall–Kier alpha value is 0.0700. The minimum Gasteiger partial charge on any atom is -0.270 e. The van der Waals surface area contributed by atoms with Crippen LogP contribution in [0.1, 0.15) is 0 Å². The molecule has 31 valence electrons. The lowest BCUT2D eigenvalue weighted by Crippen LogP contribution is -1.82. The summed E-state index contributed by atoms with van der Waals surface area (Å²) < 4.78 is 22.0. The molecule has 1 atom stereocenters. The van der Waals surface area contributed by atoms with Gasteiger partial charge in [0.2, 0.25) is 0 Å². The maximum absolute atomic E-state index is 9.15. The summed E-state index contributed by atoms with van der Waals surface area (Å²) in [5, 5.41) is 0. The SMILES string of the molecule is COS([O])=O. The van der Waals surface area contributed by atoms with E-state index in [2.05, 4.69) is 4.18 Å². The van der Waals surface area contributed by atoms with Crippen molar-refractivity contribution < 1.29 is 12.9 Å². The third kappa shape index (κ3) is 4.07. The first-order valence-corrected chi connectivity index (χ1v) is 1.91. The van der Waals surface area contributed by atoms with Crippen molar-refractivity contribution in [1.82, 2.24) is 0 Å². The van der Waals surface area contributed by atoms with E-state index >= 15 is 0 Å². The van der Waals surface area contributed by atoms with Crippen molar-refractivity contribution >= 4 is 11.4 Å². The van der Waals surface area contributed by atoms with E-state index in [1.165, 1.54) is 0 Å². The lowest BCUT2D eigenvalue weighted by molar-refractivity contribution is 0.340. The average Bonchev–Trinajstić information content (AvgIpc) is 1.38. The van der Waals surface area contributed by atoms with Crippen LogP contribution in [0, 0.1) is 0 Å². The summed E-state index contributed by atoms with van der Waals surface area (Å²) in [6, 6.07) is 0. The highest BCUT2D eigenvalue weighted by molar-refractivity contribution is 7.73. The van der Waals surface area contributed by atoms with E-state index in [9.17, 15) is 0 Å². The molecule has 3 nitrogen and oxygen atoms in total. The number of hydrogen-bond acceptors (Lipinski definition) is 2. The van der Waals surface area contributed by atoms with E-state index in [1.54, 1.807) is 0 Å². The third-order valence-corrected chi connectivity index (χ3v) is 0.408. The highest BCUT2D eigenvalue weighted by Gasteiger charge is 1.79. The maximum atomic E-state index is 9.15. The summed E-state index contributed by atoms with van der Waals surface area (Å²) in [5.41, 5.74) is 0. The average molecular weight is 95.1 g/mol. The molecular formula is CH3O3S. The molecule has 0 aromatic carbocycles. The van der Waals surface area contributed by atoms with Crippen molar-refractivity contribution in [2.45, 2.75) is 0 Å². The minimum absolute atomic E-state index is 1.09. The Morgan fingerprint density at radius 1 is 1.80 bits per heavy atom. The summed E-state index contributed by atoms with van der Waals surface area (Å²) in [6.45, 7) is 0. The maximum Gasteiger partial charge on any atom is 0.334 e. The Labute approximate surface area is 32.4 Å². The second-order valence-electron chi connectivity index (χ2n) is 0.371. The molecule has 0 saturated heterocycles. The molecular weight excluding hydrogens is 92.1 g/mol. The first-order chi connectivity index (χ1) is 2.27. The molecule has 0 fully saturated rings. The van der Waals surface area contributed by atoms with Gasteiger partial charge in [-0.25, -0.2) is 0 Å². The van der Waals surface area contributed by atoms with Crippen LogP contribution in [0.15, 0.2) is 0 Å². The topological polar surface area (TPSA) is 46.2 Å². The normalized spacial score (nSPS) is 14.8. The van der Waals surface area contributed by atoms with Crippen molar-refractivity contribution in [1.29, 1.82) is 0 Å². The fourth-order valence-electron chi connectivity index (χ4n) is 0. The Morgan fingerprint density at radius 3 is 2.00 bits per heavy atom. The molecule has 0 aromatic heterocycles. The minimum atomic E-state index is -2.32. The molecule has 0 saturated carbocycles. The summed E-state index contributed by atoms with van der Waals surface area (Å²) in [7, 11) is 1.09. The van der Waals surface area contributed by atoms with Crippen LogP contribution < -0.4 is 0 Å². The van der Waals surface area contributed by atoms with Gasteiger partial charge in [0, 0.05) is 0 Å². The summed E-state index contributed by atoms with van der Waals surface area (Å²) >= 11 is -2.32. The van der Waals surface area contributed by atoms with Gasteiger partial charge in [0.25, 0.3) is 0 Å². The summed E-state index contributed by atoms with van der Waals surface area (Å²) in [4.78, 5) is 0. The van der Waals surface area contributed by atoms with Crippen LogP contribution in [0.2, 0.25) is 0 Å². The van der Waals surface area contributed by atoms with Gasteiger partial charge in [-0.2, -0.15) is 4.21 Å². The van der Waals surface area contributed by atoms with Gasteiger partial charge < -0.3 is 0 Å². The monoisotopic (exact) mass is 95.0 g/mol. The molecule has 4 heteroatoms. The van der Waals surface area contributed by atoms with Gasteiger partial charge in [-0.1, -0.05) is 4.55 Å². The molecule has 0 aliphatic carbocycles. The van der Waals surface area contributed by atoms with Crippen LogP contribution in [0.3, 0.4) is 0 Å². The van der Waals surface area contributed by atoms with Crippen LogP contribution in [0.5, 0.6) is 0 Å². The van der Waals surface area contributed by atoms with Gasteiger partial charge in [-0.15, -0.1) is 0 Å². The van der Waals surface area contributed by atoms with Gasteiger partial charge in [-0.3, -0.25) is 4.18 Å². The van der Waals surface area contributed by atoms with Crippen LogP contribution in [0.4, 0.5) is 0 Å². The quantitative estimate of drug-likeness (QED) is 0.446. The molecule has 0 aliphatic heterocycles. The molecule has 0 aliphatic rings. The zero-order chi connectivity index (χ0) is 4.28. The predicted octanol–water partition coefficient (Wildman–Crippen LogP) is -0.358. The first kappa shape index (κ1) is 5.07. The fraction of sp³-hybridized carbons (Fsp3) is 1.00. The molecule has 0 N–H and O–H groups in total. The van der Waals surface area contributed by atoms with E-state index in [-0.39, 0.29) is 0 Å². The zero-order valence-corrected chi connectivity index (χ0v) is 3.45. The van der Waals surface area contributed by atoms with Gasteiger partial charge in [0.15, 0.2) is 0 Å². The molecule has 0 amide bonds. The molecule has 0 rings (SSSR count). The highest BCUT2D eigenvalue weighted by Crippen LogP contribution is 1.66. The van der Waals surface area contributed by atoms with Crippen molar-refractivity contribution in [3.05, 3.63) is 0 Å². The largest absolute Gasteiger partial charge is 0.334 e. The van der Waals surface area contributed by atoms with Gasteiger partial charge >= 0.3 is 11.4 Å². The predicted molar refractivity (Wildman–Crippen MR) is 15.8 cm³/mol. The molecule has 1 radical (unpaired) electrons. The van der Waals surface area contributed by atoms with E-state index in [0.29, 0.717) is 0 Å². The summed E-state index contributed by atoms with van der Waals surface area (Å²) in [5.74, 6) is 0. The van der Waals surface area contributed by atoms with Crippen molar-refractivity contribution in [2.75, 3.05) is 7.11 Å². The van der Waals surface area contributed by atoms with Crippen LogP contribution in [0.25, 0.3) is 0 Å². The molecule has 1 unspecified atom stereocenters. The number of rotatable bonds is 1. The van der Waals surface area contributed by atoms with Crippen LogP contribution >= 0.6 is 0 Å². The second-order valence-corrected chi connectivity index (χ2v) is 1.11. The summed E-state index contributed by atoms with van der Waals surface area (Å²) in [6.07, 6.45) is 0. The molecule has 0 heterocycles. The Morgan fingerprint density at radius 2 is 2.00 bits per heavy atom. The van der Waals surface area contributed by atoms with Crippen LogP contribution in [-0.4, -0.2) is 11.3 Å². The van der Waals surface area contributed by atoms with Crippen LogP contribution in [-0.2, 0) is 20.1 Å². The Kier molecular flexibility index (Phi) is 2.35. The van der Waals surface area contributed by atoms with Gasteiger partial charge in [0.1, 0.15) is 0 Å². The molecule has 0 bridgehead atoms. The molecule has 0 spiro atoms. The van der Waals surface area contributed by atoms with Crippen molar-refractivity contribution in [2.24, 2.45) is 0 Å².